The number of hydrogen-bond acceptors (Lipinski definition) is 3. The zero-order chi connectivity index (χ0) is 37.5. The molecule has 5 heteroatoms. The van der Waals surface area contributed by atoms with Gasteiger partial charge in [0.05, 0.1) is 28.3 Å². The largest absolute Gasteiger partial charge is 0.483 e. The second-order valence-electron chi connectivity index (χ2n) is 15.3. The van der Waals surface area contributed by atoms with Crippen molar-refractivity contribution < 1.29 is 4.74 Å². The summed E-state index contributed by atoms with van der Waals surface area (Å²) in [7, 11) is 0. The third-order valence-electron chi connectivity index (χ3n) is 12.2. The molecule has 0 fully saturated rings. The maximum Gasteiger partial charge on any atom is 0.149 e. The van der Waals surface area contributed by atoms with Crippen LogP contribution in [0.25, 0.3) is 55.7 Å². The highest BCUT2D eigenvalue weighted by Gasteiger charge is 2.41. The van der Waals surface area contributed by atoms with Crippen LogP contribution in [0.4, 0.5) is 0 Å². The number of ether oxygens (including phenoxy) is 1. The molecule has 0 spiro atoms. The van der Waals surface area contributed by atoms with Crippen molar-refractivity contribution in [1.82, 2.24) is 14.5 Å². The zero-order valence-corrected chi connectivity index (χ0v) is 31.2. The smallest absolute Gasteiger partial charge is 0.149 e. The van der Waals surface area contributed by atoms with E-state index < -0.39 is 0 Å². The van der Waals surface area contributed by atoms with Crippen LogP contribution < -0.4 is 10.1 Å². The van der Waals surface area contributed by atoms with Crippen LogP contribution in [-0.4, -0.2) is 20.9 Å². The van der Waals surface area contributed by atoms with Crippen molar-refractivity contribution in [3.05, 3.63) is 209 Å². The number of nitrogens with zero attached hydrogens (tertiary/aromatic N) is 3. The molecule has 4 aliphatic rings. The molecule has 12 rings (SSSR count). The molecule has 57 heavy (non-hydrogen) atoms. The molecule has 0 radical (unpaired) electrons. The summed E-state index contributed by atoms with van der Waals surface area (Å²) in [5.41, 5.74) is 15.2. The Kier molecular flexibility index (Phi) is 7.18. The first-order valence-electron chi connectivity index (χ1n) is 20.0. The van der Waals surface area contributed by atoms with E-state index in [1.807, 2.05) is 0 Å². The molecule has 1 N–H and O–H groups in total. The van der Waals surface area contributed by atoms with Gasteiger partial charge in [0.25, 0.3) is 0 Å². The van der Waals surface area contributed by atoms with Crippen molar-refractivity contribution in [1.29, 1.82) is 0 Å². The zero-order valence-electron chi connectivity index (χ0n) is 31.2. The average Bonchev–Trinajstić information content (AvgIpc) is 3.95. The lowest BCUT2D eigenvalue weighted by molar-refractivity contribution is 0.228. The van der Waals surface area contributed by atoms with Gasteiger partial charge in [-0.3, -0.25) is 4.99 Å². The second kappa shape index (κ2) is 12.7. The van der Waals surface area contributed by atoms with Gasteiger partial charge in [-0.15, -0.1) is 0 Å². The highest BCUT2D eigenvalue weighted by Crippen LogP contribution is 2.50. The van der Waals surface area contributed by atoms with Gasteiger partial charge in [0.15, 0.2) is 0 Å². The van der Waals surface area contributed by atoms with Crippen molar-refractivity contribution in [3.8, 4) is 11.4 Å². The first-order valence-corrected chi connectivity index (χ1v) is 20.0. The summed E-state index contributed by atoms with van der Waals surface area (Å²) < 4.78 is 12.3. The first-order chi connectivity index (χ1) is 28.3. The molecule has 8 aromatic rings. The van der Waals surface area contributed by atoms with Crippen LogP contribution >= 0.6 is 0 Å². The highest BCUT2D eigenvalue weighted by molar-refractivity contribution is 6.19. The predicted octanol–water partition coefficient (Wildman–Crippen LogP) is 11.8. The van der Waals surface area contributed by atoms with Crippen LogP contribution in [0, 0.1) is 0 Å². The molecule has 6 aromatic carbocycles. The van der Waals surface area contributed by atoms with Crippen LogP contribution in [0.2, 0.25) is 0 Å². The van der Waals surface area contributed by atoms with E-state index in [9.17, 15) is 0 Å². The Bertz CT molecular complexity index is 3070. The molecule has 0 bridgehead atoms. The number of benzene rings is 6. The molecule has 4 heterocycles. The Labute approximate surface area is 330 Å². The van der Waals surface area contributed by atoms with Gasteiger partial charge in [0.1, 0.15) is 18.0 Å². The van der Waals surface area contributed by atoms with E-state index in [4.69, 9.17) is 9.73 Å². The van der Waals surface area contributed by atoms with E-state index in [1.165, 1.54) is 49.5 Å². The van der Waals surface area contributed by atoms with E-state index in [-0.39, 0.29) is 18.3 Å². The third-order valence-corrected chi connectivity index (χ3v) is 12.2. The summed E-state index contributed by atoms with van der Waals surface area (Å²) in [4.78, 5) is 5.39. The Hall–Kier alpha value is -7.11. The molecular formula is C52H38N4O. The van der Waals surface area contributed by atoms with Gasteiger partial charge in [-0.05, 0) is 54.3 Å². The van der Waals surface area contributed by atoms with Crippen molar-refractivity contribution >= 4 is 55.8 Å². The number of hydrogen-bond donors (Lipinski definition) is 1. The molecule has 2 aliphatic carbocycles. The van der Waals surface area contributed by atoms with Crippen LogP contribution in [0.3, 0.4) is 0 Å². The van der Waals surface area contributed by atoms with Gasteiger partial charge in [0.2, 0.25) is 0 Å². The van der Waals surface area contributed by atoms with Crippen LogP contribution in [-0.2, 0) is 6.42 Å². The molecule has 272 valence electrons. The fourth-order valence-electron chi connectivity index (χ4n) is 9.74. The summed E-state index contributed by atoms with van der Waals surface area (Å²) in [6.45, 7) is 0. The maximum atomic E-state index is 7.17. The predicted molar refractivity (Wildman–Crippen MR) is 234 cm³/mol. The van der Waals surface area contributed by atoms with E-state index in [1.54, 1.807) is 0 Å². The third kappa shape index (κ3) is 4.91. The fraction of sp³-hybridized carbons (Fsp3) is 0.0962. The van der Waals surface area contributed by atoms with E-state index >= 15 is 0 Å². The monoisotopic (exact) mass is 734 g/mol. The maximum absolute atomic E-state index is 7.17. The summed E-state index contributed by atoms with van der Waals surface area (Å²) in [5.74, 6) is 0.903. The lowest BCUT2D eigenvalue weighted by Gasteiger charge is -2.29. The molecular weight excluding hydrogens is 697 g/mol. The summed E-state index contributed by atoms with van der Waals surface area (Å²) in [6, 6.07) is 51.8. The lowest BCUT2D eigenvalue weighted by atomic mass is 9.89. The van der Waals surface area contributed by atoms with Crippen LogP contribution in [0.5, 0.6) is 5.75 Å². The average molecular weight is 735 g/mol. The fourth-order valence-corrected chi connectivity index (χ4v) is 9.74. The van der Waals surface area contributed by atoms with Crippen molar-refractivity contribution in [2.45, 2.75) is 31.2 Å². The van der Waals surface area contributed by atoms with Crippen molar-refractivity contribution in [2.24, 2.45) is 4.99 Å². The van der Waals surface area contributed by atoms with Gasteiger partial charge in [-0.25, -0.2) is 0 Å². The Balaban J connectivity index is 1.03. The molecule has 0 saturated carbocycles. The number of nitrogens with one attached hydrogen (secondary N) is 1. The Morgan fingerprint density at radius 2 is 1.44 bits per heavy atom. The van der Waals surface area contributed by atoms with E-state index in [0.717, 1.165) is 57.9 Å². The number of aliphatic imine (C=N–C) groups is 1. The first kappa shape index (κ1) is 32.2. The van der Waals surface area contributed by atoms with Crippen LogP contribution in [0.15, 0.2) is 181 Å². The van der Waals surface area contributed by atoms with Gasteiger partial charge >= 0.3 is 0 Å². The van der Waals surface area contributed by atoms with E-state index in [0.29, 0.717) is 0 Å². The summed E-state index contributed by atoms with van der Waals surface area (Å²) in [5, 5.41) is 7.62. The topological polar surface area (TPSA) is 43.5 Å². The van der Waals surface area contributed by atoms with Crippen LogP contribution in [0.1, 0.15) is 52.1 Å². The van der Waals surface area contributed by atoms with Gasteiger partial charge in [-0.2, -0.15) is 0 Å². The molecule has 0 amide bonds. The summed E-state index contributed by atoms with van der Waals surface area (Å²) in [6.07, 6.45) is 15.2. The number of para-hydroxylation sites is 2. The lowest BCUT2D eigenvalue weighted by Crippen LogP contribution is -2.29. The second-order valence-corrected chi connectivity index (χ2v) is 15.3. The van der Waals surface area contributed by atoms with Gasteiger partial charge < -0.3 is 19.2 Å². The standard InChI is InChI=1S/C52H38N4O/c1-4-16-33(17-5-1)42-32-43(34-18-6-2-7-19-34)54-52(53-42)41-25-15-29-47-48(41)40-24-14-28-46(51(40)57-47)56-45-27-13-11-23-37(45)39-31-30-38-36-22-10-12-26-44(36)55(49(38)50(39)56)35-20-8-3-9-21-35/h1-12,14-26,28-32,46,51-53H,13,27H2. The summed E-state index contributed by atoms with van der Waals surface area (Å²) >= 11 is 0. The number of rotatable bonds is 5. The molecule has 0 saturated heterocycles. The minimum atomic E-state index is -0.311. The SMILES string of the molecule is C1=CC(n2c3c(c4ccc5c6ccccc6n(-c6ccccc6)c5c42)C=CCC3)C2Oc3cccc(C4N=C(c5ccccc5)C=C(c5ccccc5)N4)c3C2=C1. The van der Waals surface area contributed by atoms with E-state index in [2.05, 4.69) is 196 Å². The number of allylic oxidation sites excluding steroid dienone is 4. The molecule has 3 unspecified atom stereocenters. The molecule has 2 aromatic heterocycles. The highest BCUT2D eigenvalue weighted by atomic mass is 16.5. The van der Waals surface area contributed by atoms with Gasteiger partial charge in [-0.1, -0.05) is 152 Å². The normalized spacial score (nSPS) is 19.4. The Morgan fingerprint density at radius 1 is 0.684 bits per heavy atom. The number of fused-ring (bicyclic) bond motifs is 10. The quantitative estimate of drug-likeness (QED) is 0.191. The minimum absolute atomic E-state index is 0.0710. The van der Waals surface area contributed by atoms with Gasteiger partial charge in [0, 0.05) is 55.5 Å². The number of aromatic nitrogens is 2. The molecule has 2 aliphatic heterocycles. The molecule has 5 nitrogen and oxygen atoms in total. The minimum Gasteiger partial charge on any atom is -0.483 e. The van der Waals surface area contributed by atoms with Crippen molar-refractivity contribution in [2.75, 3.05) is 0 Å². The van der Waals surface area contributed by atoms with Crippen molar-refractivity contribution in [3.63, 3.8) is 0 Å². The Morgan fingerprint density at radius 3 is 2.28 bits per heavy atom. The molecule has 3 atom stereocenters.